The molecule has 0 amide bonds. The van der Waals surface area contributed by atoms with Crippen molar-refractivity contribution in [3.63, 3.8) is 0 Å². The number of hydrogen-bond acceptors (Lipinski definition) is 4. The summed E-state index contributed by atoms with van der Waals surface area (Å²) in [6.45, 7) is 3.48. The number of fused-ring (bicyclic) bond motifs is 2. The predicted molar refractivity (Wildman–Crippen MR) is 84.4 cm³/mol. The molecule has 0 fully saturated rings. The van der Waals surface area contributed by atoms with Crippen molar-refractivity contribution in [3.05, 3.63) is 46.7 Å². The molecule has 128 valence electrons. The maximum absolute atomic E-state index is 14.3. The first kappa shape index (κ1) is 17.0. The van der Waals surface area contributed by atoms with Crippen LogP contribution < -0.4 is 5.32 Å². The van der Waals surface area contributed by atoms with Gasteiger partial charge in [-0.15, -0.1) is 0 Å². The summed E-state index contributed by atoms with van der Waals surface area (Å²) < 4.78 is 48.4. The number of nitrogens with zero attached hydrogens (tertiary/aromatic N) is 2. The van der Waals surface area contributed by atoms with Crippen LogP contribution in [-0.4, -0.2) is 22.8 Å². The van der Waals surface area contributed by atoms with Gasteiger partial charge in [0, 0.05) is 23.5 Å². The van der Waals surface area contributed by atoms with Gasteiger partial charge in [-0.05, 0) is 18.1 Å². The van der Waals surface area contributed by atoms with E-state index in [4.69, 9.17) is 16.3 Å². The van der Waals surface area contributed by atoms with E-state index in [2.05, 4.69) is 15.3 Å². The fourth-order valence-corrected chi connectivity index (χ4v) is 2.85. The molecule has 0 saturated carbocycles. The second-order valence-electron chi connectivity index (χ2n) is 5.96. The minimum absolute atomic E-state index is 0.0340. The standard InChI is InChI=1S/C16H15ClF3N3O/c1-9(2)8-24-15(16(18,19)20)11-4-3-5-21-13(11)23-14-12(15)6-10(17)7-22-14/h3-7,9H,8H2,1-2H3,(H,21,22,23). The molecular weight excluding hydrogens is 343 g/mol. The predicted octanol–water partition coefficient (Wildman–Crippen LogP) is 4.67. The zero-order valence-electron chi connectivity index (χ0n) is 13.0. The maximum Gasteiger partial charge on any atom is 0.426 e. The van der Waals surface area contributed by atoms with Crippen LogP contribution in [0, 0.1) is 5.92 Å². The van der Waals surface area contributed by atoms with Crippen molar-refractivity contribution in [1.82, 2.24) is 9.97 Å². The summed E-state index contributed by atoms with van der Waals surface area (Å²) in [5.41, 5.74) is -2.93. The fourth-order valence-electron chi connectivity index (χ4n) is 2.69. The SMILES string of the molecule is CC(C)COC1(C(F)(F)F)c2cccnc2Nc2ncc(Cl)cc21. The van der Waals surface area contributed by atoms with Crippen molar-refractivity contribution >= 4 is 23.2 Å². The number of nitrogens with one attached hydrogen (secondary N) is 1. The van der Waals surface area contributed by atoms with Crippen molar-refractivity contribution < 1.29 is 17.9 Å². The Bertz CT molecular complexity index is 766. The number of anilines is 2. The number of rotatable bonds is 3. The van der Waals surface area contributed by atoms with E-state index in [1.807, 2.05) is 0 Å². The number of ether oxygens (including phenoxy) is 1. The van der Waals surface area contributed by atoms with E-state index in [1.165, 1.54) is 30.6 Å². The third-order valence-corrected chi connectivity index (χ3v) is 3.90. The van der Waals surface area contributed by atoms with Crippen LogP contribution in [-0.2, 0) is 10.3 Å². The first-order chi connectivity index (χ1) is 11.3. The highest BCUT2D eigenvalue weighted by Crippen LogP contribution is 2.54. The topological polar surface area (TPSA) is 47.0 Å². The van der Waals surface area contributed by atoms with E-state index in [1.54, 1.807) is 13.8 Å². The van der Waals surface area contributed by atoms with Crippen LogP contribution in [0.15, 0.2) is 30.6 Å². The Labute approximate surface area is 142 Å². The molecule has 0 radical (unpaired) electrons. The quantitative estimate of drug-likeness (QED) is 0.867. The van der Waals surface area contributed by atoms with Crippen LogP contribution in [0.25, 0.3) is 0 Å². The van der Waals surface area contributed by atoms with Gasteiger partial charge >= 0.3 is 6.18 Å². The Morgan fingerprint density at radius 1 is 1.25 bits per heavy atom. The van der Waals surface area contributed by atoms with E-state index >= 15 is 0 Å². The summed E-state index contributed by atoms with van der Waals surface area (Å²) in [5.74, 6) is 0.0161. The Balaban J connectivity index is 2.31. The van der Waals surface area contributed by atoms with Gasteiger partial charge in [0.2, 0.25) is 5.60 Å². The summed E-state index contributed by atoms with van der Waals surface area (Å²) in [6.07, 6.45) is -2.02. The average molecular weight is 358 g/mol. The molecule has 0 aromatic carbocycles. The Morgan fingerprint density at radius 2 is 1.96 bits per heavy atom. The number of halogens is 4. The van der Waals surface area contributed by atoms with E-state index in [-0.39, 0.29) is 40.3 Å². The lowest BCUT2D eigenvalue weighted by Gasteiger charge is -2.41. The highest BCUT2D eigenvalue weighted by molar-refractivity contribution is 6.30. The molecule has 0 saturated heterocycles. The van der Waals surface area contributed by atoms with E-state index in [0.29, 0.717) is 0 Å². The molecule has 0 bridgehead atoms. The molecule has 4 nitrogen and oxygen atoms in total. The van der Waals surface area contributed by atoms with E-state index in [9.17, 15) is 13.2 Å². The van der Waals surface area contributed by atoms with Gasteiger partial charge in [-0.2, -0.15) is 13.2 Å². The lowest BCUT2D eigenvalue weighted by atomic mass is 9.83. The second kappa shape index (κ2) is 5.89. The number of aromatic nitrogens is 2. The highest BCUT2D eigenvalue weighted by Gasteiger charge is 2.62. The largest absolute Gasteiger partial charge is 0.426 e. The van der Waals surface area contributed by atoms with Gasteiger partial charge in [0.25, 0.3) is 0 Å². The normalized spacial score (nSPS) is 19.6. The minimum Gasteiger partial charge on any atom is -0.356 e. The van der Waals surface area contributed by atoms with Gasteiger partial charge < -0.3 is 10.1 Å². The molecule has 1 aliphatic rings. The number of alkyl halides is 3. The van der Waals surface area contributed by atoms with Gasteiger partial charge in [0.1, 0.15) is 11.6 Å². The third kappa shape index (κ3) is 2.61. The van der Waals surface area contributed by atoms with Crippen molar-refractivity contribution in [2.24, 2.45) is 5.92 Å². The number of pyridine rings is 2. The molecular formula is C16H15ClF3N3O. The molecule has 3 rings (SSSR count). The Hall–Kier alpha value is -1.86. The van der Waals surface area contributed by atoms with Crippen LogP contribution in [0.5, 0.6) is 0 Å². The van der Waals surface area contributed by atoms with Crippen LogP contribution in [0.1, 0.15) is 25.0 Å². The minimum atomic E-state index is -4.72. The molecule has 1 atom stereocenters. The molecule has 0 aliphatic carbocycles. The molecule has 2 aromatic rings. The Morgan fingerprint density at radius 3 is 2.62 bits per heavy atom. The second-order valence-corrected chi connectivity index (χ2v) is 6.39. The zero-order valence-corrected chi connectivity index (χ0v) is 13.7. The van der Waals surface area contributed by atoms with Crippen LogP contribution in [0.4, 0.5) is 24.8 Å². The first-order valence-electron chi connectivity index (χ1n) is 7.35. The lowest BCUT2D eigenvalue weighted by Crippen LogP contribution is -2.49. The molecule has 2 aromatic heterocycles. The number of hydrogen-bond donors (Lipinski definition) is 1. The summed E-state index contributed by atoms with van der Waals surface area (Å²) in [6, 6.07) is 4.04. The molecule has 1 unspecified atom stereocenters. The molecule has 0 spiro atoms. The van der Waals surface area contributed by atoms with Gasteiger partial charge in [0.05, 0.1) is 11.6 Å². The fraction of sp³-hybridized carbons (Fsp3) is 0.375. The van der Waals surface area contributed by atoms with E-state index in [0.717, 1.165) is 0 Å². The summed E-state index contributed by atoms with van der Waals surface area (Å²) in [5, 5.41) is 2.92. The molecule has 3 heterocycles. The first-order valence-corrected chi connectivity index (χ1v) is 7.72. The van der Waals surface area contributed by atoms with Gasteiger partial charge in [-0.1, -0.05) is 31.5 Å². The molecule has 24 heavy (non-hydrogen) atoms. The van der Waals surface area contributed by atoms with Gasteiger partial charge in [-0.25, -0.2) is 9.97 Å². The summed E-state index contributed by atoms with van der Waals surface area (Å²) in [7, 11) is 0. The van der Waals surface area contributed by atoms with Crippen LogP contribution in [0.2, 0.25) is 5.02 Å². The molecule has 8 heteroatoms. The zero-order chi connectivity index (χ0) is 17.5. The van der Waals surface area contributed by atoms with Crippen molar-refractivity contribution in [2.75, 3.05) is 11.9 Å². The monoisotopic (exact) mass is 357 g/mol. The molecule has 1 aliphatic heterocycles. The summed E-state index contributed by atoms with van der Waals surface area (Å²) in [4.78, 5) is 8.00. The van der Waals surface area contributed by atoms with E-state index < -0.39 is 11.8 Å². The molecule has 1 N–H and O–H groups in total. The van der Waals surface area contributed by atoms with Gasteiger partial charge in [-0.3, -0.25) is 0 Å². The van der Waals surface area contributed by atoms with Crippen molar-refractivity contribution in [3.8, 4) is 0 Å². The summed E-state index contributed by atoms with van der Waals surface area (Å²) >= 11 is 5.92. The highest BCUT2D eigenvalue weighted by atomic mass is 35.5. The maximum atomic E-state index is 14.3. The smallest absolute Gasteiger partial charge is 0.356 e. The van der Waals surface area contributed by atoms with Gasteiger partial charge in [0.15, 0.2) is 0 Å². The van der Waals surface area contributed by atoms with Crippen molar-refractivity contribution in [2.45, 2.75) is 25.6 Å². The van der Waals surface area contributed by atoms with Crippen LogP contribution >= 0.6 is 11.6 Å². The average Bonchev–Trinajstić information content (AvgIpc) is 2.50. The van der Waals surface area contributed by atoms with Crippen molar-refractivity contribution in [1.29, 1.82) is 0 Å². The third-order valence-electron chi connectivity index (χ3n) is 3.69. The Kier molecular flexibility index (Phi) is 4.17. The van der Waals surface area contributed by atoms with Crippen LogP contribution in [0.3, 0.4) is 0 Å². The lowest BCUT2D eigenvalue weighted by molar-refractivity contribution is -0.269.